The number of hydrogen-bond acceptors (Lipinski definition) is 5. The molecule has 106 valence electrons. The molecule has 0 aliphatic heterocycles. The lowest BCUT2D eigenvalue weighted by molar-refractivity contribution is 0.0912. The molecule has 3 N–H and O–H groups in total. The van der Waals surface area contributed by atoms with Crippen LogP contribution in [-0.2, 0) is 6.54 Å². The maximum Gasteiger partial charge on any atom is 0.349 e. The topological polar surface area (TPSA) is 90.4 Å². The third-order valence-electron chi connectivity index (χ3n) is 2.77. The van der Waals surface area contributed by atoms with Crippen molar-refractivity contribution in [2.45, 2.75) is 19.6 Å². The van der Waals surface area contributed by atoms with Crippen LogP contribution in [0.3, 0.4) is 0 Å². The van der Waals surface area contributed by atoms with Crippen molar-refractivity contribution in [3.05, 3.63) is 52.6 Å². The number of aryl methyl sites for hydroxylation is 1. The standard InChI is InChI=1S/C14H17N3O3/c1-10-2-4-12(5-3-10)20-9-11(18)8-17-7-6-13(15)16-14(17)19/h2-7,11,18H,8-9H2,1H3,(H2,15,16,19)/t11-/m0/s1. The summed E-state index contributed by atoms with van der Waals surface area (Å²) in [6, 6.07) is 9.03. The minimum atomic E-state index is -0.806. The average Bonchev–Trinajstić information content (AvgIpc) is 2.41. The summed E-state index contributed by atoms with van der Waals surface area (Å²) in [5.74, 6) is 0.842. The van der Waals surface area contributed by atoms with Gasteiger partial charge >= 0.3 is 5.69 Å². The molecule has 1 heterocycles. The number of hydrogen-bond donors (Lipinski definition) is 2. The Labute approximate surface area is 116 Å². The summed E-state index contributed by atoms with van der Waals surface area (Å²) in [5, 5.41) is 9.87. The van der Waals surface area contributed by atoms with Gasteiger partial charge < -0.3 is 15.6 Å². The summed E-state index contributed by atoms with van der Waals surface area (Å²) in [4.78, 5) is 15.1. The molecule has 0 saturated carbocycles. The van der Waals surface area contributed by atoms with Gasteiger partial charge in [0.2, 0.25) is 0 Å². The molecule has 0 spiro atoms. The van der Waals surface area contributed by atoms with E-state index in [1.807, 2.05) is 31.2 Å². The summed E-state index contributed by atoms with van der Waals surface area (Å²) < 4.78 is 6.74. The molecule has 0 unspecified atom stereocenters. The van der Waals surface area contributed by atoms with E-state index in [-0.39, 0.29) is 19.0 Å². The third kappa shape index (κ3) is 3.83. The second-order valence-corrected chi connectivity index (χ2v) is 4.57. The van der Waals surface area contributed by atoms with E-state index < -0.39 is 11.8 Å². The lowest BCUT2D eigenvalue weighted by Crippen LogP contribution is -2.31. The number of aliphatic hydroxyl groups excluding tert-OH is 1. The molecule has 0 saturated heterocycles. The molecule has 1 aromatic carbocycles. The van der Waals surface area contributed by atoms with E-state index in [0.29, 0.717) is 5.75 Å². The Balaban J connectivity index is 1.90. The van der Waals surface area contributed by atoms with E-state index in [4.69, 9.17) is 10.5 Å². The van der Waals surface area contributed by atoms with Gasteiger partial charge in [0.15, 0.2) is 0 Å². The van der Waals surface area contributed by atoms with Gasteiger partial charge in [0.1, 0.15) is 24.3 Å². The molecule has 0 radical (unpaired) electrons. The lowest BCUT2D eigenvalue weighted by Gasteiger charge is -2.13. The van der Waals surface area contributed by atoms with Crippen LogP contribution in [0.2, 0.25) is 0 Å². The van der Waals surface area contributed by atoms with Crippen LogP contribution in [0.15, 0.2) is 41.3 Å². The number of nitrogens with two attached hydrogens (primary N) is 1. The number of aromatic nitrogens is 2. The summed E-state index contributed by atoms with van der Waals surface area (Å²) in [5.41, 5.74) is 6.04. The molecule has 6 nitrogen and oxygen atoms in total. The summed E-state index contributed by atoms with van der Waals surface area (Å²) in [7, 11) is 0. The van der Waals surface area contributed by atoms with Crippen molar-refractivity contribution in [2.24, 2.45) is 0 Å². The molecule has 0 amide bonds. The first-order valence-corrected chi connectivity index (χ1v) is 6.25. The van der Waals surface area contributed by atoms with Crippen LogP contribution in [-0.4, -0.2) is 27.4 Å². The molecule has 2 aromatic rings. The number of nitrogen functional groups attached to an aromatic ring is 1. The van der Waals surface area contributed by atoms with Gasteiger partial charge in [-0.2, -0.15) is 4.98 Å². The summed E-state index contributed by atoms with van der Waals surface area (Å²) >= 11 is 0. The number of ether oxygens (including phenoxy) is 1. The summed E-state index contributed by atoms with van der Waals surface area (Å²) in [6.07, 6.45) is 0.694. The van der Waals surface area contributed by atoms with E-state index in [1.165, 1.54) is 16.8 Å². The van der Waals surface area contributed by atoms with Crippen LogP contribution in [0, 0.1) is 6.92 Å². The Bertz CT molecular complexity index is 622. The number of benzene rings is 1. The number of aliphatic hydroxyl groups is 1. The third-order valence-corrected chi connectivity index (χ3v) is 2.77. The average molecular weight is 275 g/mol. The molecule has 0 aliphatic carbocycles. The van der Waals surface area contributed by atoms with Gasteiger partial charge in [0, 0.05) is 6.20 Å². The van der Waals surface area contributed by atoms with E-state index in [0.717, 1.165) is 5.56 Å². The predicted molar refractivity (Wildman–Crippen MR) is 75.6 cm³/mol. The van der Waals surface area contributed by atoms with Crippen LogP contribution < -0.4 is 16.2 Å². The Morgan fingerprint density at radius 2 is 2.05 bits per heavy atom. The second-order valence-electron chi connectivity index (χ2n) is 4.57. The largest absolute Gasteiger partial charge is 0.491 e. The zero-order valence-electron chi connectivity index (χ0n) is 11.2. The monoisotopic (exact) mass is 275 g/mol. The molecular weight excluding hydrogens is 258 g/mol. The molecule has 1 atom stereocenters. The number of nitrogens with zero attached hydrogens (tertiary/aromatic N) is 2. The first-order valence-electron chi connectivity index (χ1n) is 6.25. The zero-order valence-corrected chi connectivity index (χ0v) is 11.2. The van der Waals surface area contributed by atoms with Gasteiger partial charge in [-0.25, -0.2) is 4.79 Å². The number of rotatable bonds is 5. The molecule has 0 bridgehead atoms. The van der Waals surface area contributed by atoms with Crippen molar-refractivity contribution in [3.8, 4) is 5.75 Å². The van der Waals surface area contributed by atoms with Crippen molar-refractivity contribution in [2.75, 3.05) is 12.3 Å². The van der Waals surface area contributed by atoms with Crippen LogP contribution >= 0.6 is 0 Å². The highest BCUT2D eigenvalue weighted by Crippen LogP contribution is 2.11. The number of anilines is 1. The highest BCUT2D eigenvalue weighted by Gasteiger charge is 2.08. The normalized spacial score (nSPS) is 12.1. The van der Waals surface area contributed by atoms with Crippen molar-refractivity contribution >= 4 is 5.82 Å². The van der Waals surface area contributed by atoms with Crippen LogP contribution in [0.1, 0.15) is 5.56 Å². The van der Waals surface area contributed by atoms with Crippen molar-refractivity contribution in [1.29, 1.82) is 0 Å². The summed E-state index contributed by atoms with van der Waals surface area (Å²) in [6.45, 7) is 2.19. The molecule has 0 fully saturated rings. The van der Waals surface area contributed by atoms with Crippen LogP contribution in [0.5, 0.6) is 5.75 Å². The Kier molecular flexibility index (Phi) is 4.37. The van der Waals surface area contributed by atoms with Gasteiger partial charge in [0.25, 0.3) is 0 Å². The minimum Gasteiger partial charge on any atom is -0.491 e. The second kappa shape index (κ2) is 6.21. The molecule has 6 heteroatoms. The van der Waals surface area contributed by atoms with Crippen molar-refractivity contribution in [1.82, 2.24) is 9.55 Å². The van der Waals surface area contributed by atoms with Gasteiger partial charge in [-0.15, -0.1) is 0 Å². The van der Waals surface area contributed by atoms with Crippen molar-refractivity contribution < 1.29 is 9.84 Å². The fourth-order valence-corrected chi connectivity index (χ4v) is 1.69. The van der Waals surface area contributed by atoms with Gasteiger partial charge in [0.05, 0.1) is 6.54 Å². The lowest BCUT2D eigenvalue weighted by atomic mass is 10.2. The highest BCUT2D eigenvalue weighted by molar-refractivity contribution is 5.26. The van der Waals surface area contributed by atoms with E-state index in [2.05, 4.69) is 4.98 Å². The van der Waals surface area contributed by atoms with E-state index >= 15 is 0 Å². The first kappa shape index (κ1) is 14.1. The highest BCUT2D eigenvalue weighted by atomic mass is 16.5. The van der Waals surface area contributed by atoms with Gasteiger partial charge in [-0.1, -0.05) is 17.7 Å². The Morgan fingerprint density at radius 1 is 1.35 bits per heavy atom. The van der Waals surface area contributed by atoms with Crippen molar-refractivity contribution in [3.63, 3.8) is 0 Å². The first-order chi connectivity index (χ1) is 9.54. The minimum absolute atomic E-state index is 0.0971. The maximum absolute atomic E-state index is 11.5. The maximum atomic E-state index is 11.5. The smallest absolute Gasteiger partial charge is 0.349 e. The molecule has 1 aromatic heterocycles. The zero-order chi connectivity index (χ0) is 14.5. The Hall–Kier alpha value is -2.34. The molecular formula is C14H17N3O3. The molecule has 20 heavy (non-hydrogen) atoms. The fourth-order valence-electron chi connectivity index (χ4n) is 1.69. The Morgan fingerprint density at radius 3 is 2.70 bits per heavy atom. The molecule has 0 aliphatic rings. The predicted octanol–water partition coefficient (Wildman–Crippen LogP) is 0.574. The van der Waals surface area contributed by atoms with Gasteiger partial charge in [-0.05, 0) is 25.1 Å². The quantitative estimate of drug-likeness (QED) is 0.832. The van der Waals surface area contributed by atoms with Crippen LogP contribution in [0.25, 0.3) is 0 Å². The molecule has 2 rings (SSSR count). The fraction of sp³-hybridized carbons (Fsp3) is 0.286. The van der Waals surface area contributed by atoms with E-state index in [9.17, 15) is 9.90 Å². The van der Waals surface area contributed by atoms with E-state index in [1.54, 1.807) is 0 Å². The van der Waals surface area contributed by atoms with Gasteiger partial charge in [-0.3, -0.25) is 4.57 Å². The van der Waals surface area contributed by atoms with Crippen LogP contribution in [0.4, 0.5) is 5.82 Å². The SMILES string of the molecule is Cc1ccc(OC[C@@H](O)Cn2ccc(N)nc2=O)cc1.